The fraction of sp³-hybridized carbons (Fsp3) is 0.375. The number of nitrogens with zero attached hydrogens (tertiary/aromatic N) is 2. The second-order valence-corrected chi connectivity index (χ2v) is 4.95. The highest BCUT2D eigenvalue weighted by molar-refractivity contribution is 5.59. The molecule has 1 aliphatic heterocycles. The third-order valence-corrected chi connectivity index (χ3v) is 3.56. The smallest absolute Gasteiger partial charge is 0.133 e. The molecule has 4 heteroatoms. The van der Waals surface area contributed by atoms with Crippen LogP contribution in [0.2, 0.25) is 0 Å². The van der Waals surface area contributed by atoms with E-state index in [0.717, 1.165) is 42.3 Å². The fourth-order valence-corrected chi connectivity index (χ4v) is 2.49. The molecule has 1 saturated heterocycles. The van der Waals surface area contributed by atoms with Crippen LogP contribution in [0.3, 0.4) is 0 Å². The number of hydrogen-bond donors (Lipinski definition) is 1. The lowest BCUT2D eigenvalue weighted by atomic mass is 10.1. The van der Waals surface area contributed by atoms with Gasteiger partial charge in [-0.05, 0) is 50.2 Å². The Balaban J connectivity index is 1.83. The molecule has 1 N–H and O–H groups in total. The molecule has 1 fully saturated rings. The van der Waals surface area contributed by atoms with Crippen molar-refractivity contribution < 1.29 is 4.74 Å². The van der Waals surface area contributed by atoms with E-state index >= 15 is 0 Å². The van der Waals surface area contributed by atoms with E-state index in [2.05, 4.69) is 10.3 Å². The molecular formula is C16H19N3O. The van der Waals surface area contributed by atoms with Crippen LogP contribution in [0.25, 0.3) is 11.3 Å². The summed E-state index contributed by atoms with van der Waals surface area (Å²) in [5.74, 6) is 2.28. The van der Waals surface area contributed by atoms with Gasteiger partial charge in [0.2, 0.25) is 0 Å². The number of ether oxygens (including phenoxy) is 1. The molecule has 1 aliphatic rings. The number of nitrogens with one attached hydrogen (secondary N) is 1. The Morgan fingerprint density at radius 1 is 1.25 bits per heavy atom. The third kappa shape index (κ3) is 2.80. The molecule has 2 aromatic rings. The van der Waals surface area contributed by atoms with Gasteiger partial charge < -0.3 is 10.1 Å². The topological polar surface area (TPSA) is 47.0 Å². The number of hydrogen-bond acceptors (Lipinski definition) is 4. The summed E-state index contributed by atoms with van der Waals surface area (Å²) in [7, 11) is 0. The maximum Gasteiger partial charge on any atom is 0.133 e. The minimum absolute atomic E-state index is 0.442. The number of aromatic nitrogens is 2. The SMILES string of the molecule is CCOc1ccc(-c2ccnc(C3CCNC3)n2)cc1. The monoisotopic (exact) mass is 269 g/mol. The first kappa shape index (κ1) is 13.1. The molecule has 3 rings (SSSR count). The van der Waals surface area contributed by atoms with Gasteiger partial charge in [0.05, 0.1) is 12.3 Å². The van der Waals surface area contributed by atoms with Gasteiger partial charge in [-0.15, -0.1) is 0 Å². The Morgan fingerprint density at radius 3 is 2.80 bits per heavy atom. The highest BCUT2D eigenvalue weighted by atomic mass is 16.5. The summed E-state index contributed by atoms with van der Waals surface area (Å²) < 4.78 is 5.46. The molecule has 0 aliphatic carbocycles. The predicted octanol–water partition coefficient (Wildman–Crippen LogP) is 2.62. The highest BCUT2D eigenvalue weighted by Crippen LogP contribution is 2.24. The molecule has 1 aromatic carbocycles. The van der Waals surface area contributed by atoms with Gasteiger partial charge in [0.25, 0.3) is 0 Å². The zero-order valence-electron chi connectivity index (χ0n) is 11.7. The van der Waals surface area contributed by atoms with E-state index in [0.29, 0.717) is 12.5 Å². The minimum Gasteiger partial charge on any atom is -0.494 e. The van der Waals surface area contributed by atoms with Gasteiger partial charge in [-0.2, -0.15) is 0 Å². The van der Waals surface area contributed by atoms with Crippen molar-refractivity contribution in [1.82, 2.24) is 15.3 Å². The average molecular weight is 269 g/mol. The Bertz CT molecular complexity index is 562. The minimum atomic E-state index is 0.442. The maximum absolute atomic E-state index is 5.46. The lowest BCUT2D eigenvalue weighted by Gasteiger charge is -2.09. The molecule has 104 valence electrons. The molecular weight excluding hydrogens is 250 g/mol. The van der Waals surface area contributed by atoms with Crippen LogP contribution < -0.4 is 10.1 Å². The van der Waals surface area contributed by atoms with E-state index in [9.17, 15) is 0 Å². The van der Waals surface area contributed by atoms with Gasteiger partial charge in [-0.25, -0.2) is 9.97 Å². The van der Waals surface area contributed by atoms with E-state index in [1.54, 1.807) is 0 Å². The molecule has 1 unspecified atom stereocenters. The Labute approximate surface area is 119 Å². The van der Waals surface area contributed by atoms with Crippen LogP contribution in [-0.2, 0) is 0 Å². The first-order valence-electron chi connectivity index (χ1n) is 7.13. The van der Waals surface area contributed by atoms with E-state index in [1.165, 1.54) is 0 Å². The summed E-state index contributed by atoms with van der Waals surface area (Å²) in [6.45, 7) is 4.71. The van der Waals surface area contributed by atoms with Crippen molar-refractivity contribution in [1.29, 1.82) is 0 Å². The zero-order valence-corrected chi connectivity index (χ0v) is 11.7. The standard InChI is InChI=1S/C16H19N3O/c1-2-20-14-5-3-12(4-6-14)15-8-10-18-16(19-15)13-7-9-17-11-13/h3-6,8,10,13,17H,2,7,9,11H2,1H3. The quantitative estimate of drug-likeness (QED) is 0.927. The Kier molecular flexibility index (Phi) is 3.92. The predicted molar refractivity (Wildman–Crippen MR) is 78.9 cm³/mol. The van der Waals surface area contributed by atoms with Gasteiger partial charge in [0, 0.05) is 24.2 Å². The number of rotatable bonds is 4. The van der Waals surface area contributed by atoms with Gasteiger partial charge in [-0.1, -0.05) is 0 Å². The molecule has 1 atom stereocenters. The number of benzene rings is 1. The zero-order chi connectivity index (χ0) is 13.8. The van der Waals surface area contributed by atoms with Crippen LogP contribution in [0, 0.1) is 0 Å². The summed E-state index contributed by atoms with van der Waals surface area (Å²) >= 11 is 0. The van der Waals surface area contributed by atoms with Crippen LogP contribution in [-0.4, -0.2) is 29.7 Å². The van der Waals surface area contributed by atoms with Crippen LogP contribution in [0.4, 0.5) is 0 Å². The summed E-state index contributed by atoms with van der Waals surface area (Å²) in [4.78, 5) is 9.13. The first-order valence-corrected chi connectivity index (χ1v) is 7.13. The van der Waals surface area contributed by atoms with E-state index in [4.69, 9.17) is 9.72 Å². The van der Waals surface area contributed by atoms with Gasteiger partial charge in [-0.3, -0.25) is 0 Å². The van der Waals surface area contributed by atoms with Gasteiger partial charge in [0.15, 0.2) is 0 Å². The largest absolute Gasteiger partial charge is 0.494 e. The molecule has 0 saturated carbocycles. The maximum atomic E-state index is 5.46. The van der Waals surface area contributed by atoms with Crippen molar-refractivity contribution in [3.63, 3.8) is 0 Å². The molecule has 0 amide bonds. The summed E-state index contributed by atoms with van der Waals surface area (Å²) in [6, 6.07) is 10.0. The molecule has 0 bridgehead atoms. The fourth-order valence-electron chi connectivity index (χ4n) is 2.49. The molecule has 2 heterocycles. The molecule has 0 radical (unpaired) electrons. The van der Waals surface area contributed by atoms with Crippen LogP contribution in [0.5, 0.6) is 5.75 Å². The summed E-state index contributed by atoms with van der Waals surface area (Å²) in [5, 5.41) is 3.36. The normalized spacial score (nSPS) is 18.1. The second kappa shape index (κ2) is 6.01. The van der Waals surface area contributed by atoms with Crippen molar-refractivity contribution in [3.05, 3.63) is 42.4 Å². The summed E-state index contributed by atoms with van der Waals surface area (Å²) in [6.07, 6.45) is 2.97. The van der Waals surface area contributed by atoms with Gasteiger partial charge in [0.1, 0.15) is 11.6 Å². The van der Waals surface area contributed by atoms with E-state index < -0.39 is 0 Å². The third-order valence-electron chi connectivity index (χ3n) is 3.56. The van der Waals surface area contributed by atoms with Crippen LogP contribution in [0.1, 0.15) is 25.1 Å². The van der Waals surface area contributed by atoms with Crippen LogP contribution >= 0.6 is 0 Å². The first-order chi connectivity index (χ1) is 9.86. The Hall–Kier alpha value is -1.94. The average Bonchev–Trinajstić information content (AvgIpc) is 3.03. The van der Waals surface area contributed by atoms with E-state index in [-0.39, 0.29) is 0 Å². The second-order valence-electron chi connectivity index (χ2n) is 4.95. The Morgan fingerprint density at radius 2 is 2.10 bits per heavy atom. The summed E-state index contributed by atoms with van der Waals surface area (Å²) in [5.41, 5.74) is 2.08. The van der Waals surface area contributed by atoms with Crippen molar-refractivity contribution >= 4 is 0 Å². The molecule has 20 heavy (non-hydrogen) atoms. The molecule has 1 aromatic heterocycles. The van der Waals surface area contributed by atoms with Crippen molar-refractivity contribution in [2.24, 2.45) is 0 Å². The molecule has 0 spiro atoms. The molecule has 4 nitrogen and oxygen atoms in total. The van der Waals surface area contributed by atoms with Crippen LogP contribution in [0.15, 0.2) is 36.5 Å². The lowest BCUT2D eigenvalue weighted by molar-refractivity contribution is 0.340. The lowest BCUT2D eigenvalue weighted by Crippen LogP contribution is -2.10. The van der Waals surface area contributed by atoms with Crippen molar-refractivity contribution in [2.75, 3.05) is 19.7 Å². The van der Waals surface area contributed by atoms with Gasteiger partial charge >= 0.3 is 0 Å². The van der Waals surface area contributed by atoms with E-state index in [1.807, 2.05) is 43.5 Å². The van der Waals surface area contributed by atoms with Crippen molar-refractivity contribution in [3.8, 4) is 17.0 Å². The highest BCUT2D eigenvalue weighted by Gasteiger charge is 2.19. The van der Waals surface area contributed by atoms with Crippen molar-refractivity contribution in [2.45, 2.75) is 19.3 Å².